The third-order valence-corrected chi connectivity index (χ3v) is 3.27. The van der Waals surface area contributed by atoms with E-state index in [2.05, 4.69) is 34.0 Å². The van der Waals surface area contributed by atoms with E-state index in [0.29, 0.717) is 6.04 Å². The Balaban J connectivity index is 2.32. The van der Waals surface area contributed by atoms with Crippen molar-refractivity contribution in [3.05, 3.63) is 6.33 Å². The van der Waals surface area contributed by atoms with Gasteiger partial charge in [-0.2, -0.15) is 0 Å². The molecule has 0 radical (unpaired) electrons. The number of aromatic nitrogens is 2. The molecule has 1 aromatic rings. The van der Waals surface area contributed by atoms with Crippen LogP contribution in [-0.2, 0) is 0 Å². The number of nitrogens with one attached hydrogen (secondary N) is 1. The number of methoxy groups -OCH3 is 1. The van der Waals surface area contributed by atoms with Gasteiger partial charge in [-0.3, -0.25) is 0 Å². The first-order chi connectivity index (χ1) is 8.67. The van der Waals surface area contributed by atoms with Crippen molar-refractivity contribution in [3.63, 3.8) is 0 Å². The first kappa shape index (κ1) is 12.9. The lowest BCUT2D eigenvalue weighted by Gasteiger charge is -2.29. The maximum absolute atomic E-state index is 5.47. The van der Waals surface area contributed by atoms with Crippen LogP contribution in [0.3, 0.4) is 0 Å². The van der Waals surface area contributed by atoms with Crippen molar-refractivity contribution in [1.29, 1.82) is 0 Å². The Kier molecular flexibility index (Phi) is 3.89. The standard InChI is InChI=1S/C13H22N4O/c1-9(2)17(7-10-5-6-10)13-11(18-4)12(14-3)15-8-16-13/h8-10H,5-7H2,1-4H3,(H,14,15,16). The fourth-order valence-electron chi connectivity index (χ4n) is 2.06. The molecule has 100 valence electrons. The summed E-state index contributed by atoms with van der Waals surface area (Å²) >= 11 is 0. The molecular weight excluding hydrogens is 228 g/mol. The maximum Gasteiger partial charge on any atom is 0.204 e. The molecule has 1 heterocycles. The van der Waals surface area contributed by atoms with Gasteiger partial charge in [0.15, 0.2) is 11.6 Å². The summed E-state index contributed by atoms with van der Waals surface area (Å²) in [5.41, 5.74) is 0. The van der Waals surface area contributed by atoms with E-state index in [9.17, 15) is 0 Å². The number of ether oxygens (including phenoxy) is 1. The van der Waals surface area contributed by atoms with Crippen molar-refractivity contribution in [2.75, 3.05) is 30.9 Å². The van der Waals surface area contributed by atoms with Crippen LogP contribution in [-0.4, -0.2) is 36.7 Å². The van der Waals surface area contributed by atoms with E-state index in [1.54, 1.807) is 13.4 Å². The summed E-state index contributed by atoms with van der Waals surface area (Å²) in [6.45, 7) is 5.42. The molecule has 1 aliphatic carbocycles. The molecule has 0 unspecified atom stereocenters. The van der Waals surface area contributed by atoms with Gasteiger partial charge in [-0.05, 0) is 32.6 Å². The lowest BCUT2D eigenvalue weighted by atomic mass is 10.2. The number of hydrogen-bond donors (Lipinski definition) is 1. The van der Waals surface area contributed by atoms with E-state index in [-0.39, 0.29) is 0 Å². The summed E-state index contributed by atoms with van der Waals surface area (Å²) in [5, 5.41) is 3.05. The Morgan fingerprint density at radius 1 is 1.44 bits per heavy atom. The number of rotatable bonds is 6. The van der Waals surface area contributed by atoms with Crippen molar-refractivity contribution < 1.29 is 4.74 Å². The molecule has 0 aromatic carbocycles. The molecule has 0 atom stereocenters. The Morgan fingerprint density at radius 3 is 2.67 bits per heavy atom. The van der Waals surface area contributed by atoms with Gasteiger partial charge in [0.25, 0.3) is 0 Å². The molecule has 5 nitrogen and oxygen atoms in total. The number of hydrogen-bond acceptors (Lipinski definition) is 5. The minimum Gasteiger partial charge on any atom is -0.490 e. The molecule has 1 saturated carbocycles. The van der Waals surface area contributed by atoms with Crippen molar-refractivity contribution in [3.8, 4) is 5.75 Å². The average molecular weight is 250 g/mol. The highest BCUT2D eigenvalue weighted by molar-refractivity contribution is 5.64. The predicted octanol–water partition coefficient (Wildman–Crippen LogP) is 2.15. The molecule has 0 aliphatic heterocycles. The van der Waals surface area contributed by atoms with Crippen molar-refractivity contribution >= 4 is 11.6 Å². The van der Waals surface area contributed by atoms with Gasteiger partial charge in [-0.15, -0.1) is 0 Å². The minimum atomic E-state index is 0.402. The maximum atomic E-state index is 5.47. The highest BCUT2D eigenvalue weighted by Crippen LogP contribution is 2.36. The van der Waals surface area contributed by atoms with Crippen LogP contribution in [0.4, 0.5) is 11.6 Å². The summed E-state index contributed by atoms with van der Waals surface area (Å²) < 4.78 is 5.47. The van der Waals surface area contributed by atoms with Gasteiger partial charge in [-0.1, -0.05) is 0 Å². The highest BCUT2D eigenvalue weighted by atomic mass is 16.5. The predicted molar refractivity (Wildman–Crippen MR) is 73.3 cm³/mol. The van der Waals surface area contributed by atoms with Crippen LogP contribution >= 0.6 is 0 Å². The Morgan fingerprint density at radius 2 is 2.17 bits per heavy atom. The second-order valence-corrected chi connectivity index (χ2v) is 5.02. The Bertz CT molecular complexity index is 404. The molecule has 18 heavy (non-hydrogen) atoms. The van der Waals surface area contributed by atoms with Crippen LogP contribution in [0.25, 0.3) is 0 Å². The monoisotopic (exact) mass is 250 g/mol. The lowest BCUT2D eigenvalue weighted by molar-refractivity contribution is 0.410. The molecule has 0 bridgehead atoms. The molecular formula is C13H22N4O. The number of nitrogens with zero attached hydrogens (tertiary/aromatic N) is 3. The quantitative estimate of drug-likeness (QED) is 0.838. The van der Waals surface area contributed by atoms with E-state index < -0.39 is 0 Å². The van der Waals surface area contributed by atoms with Crippen LogP contribution in [0.2, 0.25) is 0 Å². The summed E-state index contributed by atoms with van der Waals surface area (Å²) in [6.07, 6.45) is 4.25. The third kappa shape index (κ3) is 2.66. The van der Waals surface area contributed by atoms with Gasteiger partial charge in [0.2, 0.25) is 5.75 Å². The molecule has 0 amide bonds. The van der Waals surface area contributed by atoms with Gasteiger partial charge in [0.05, 0.1) is 7.11 Å². The van der Waals surface area contributed by atoms with Crippen molar-refractivity contribution in [2.45, 2.75) is 32.7 Å². The molecule has 2 rings (SSSR count). The summed E-state index contributed by atoms with van der Waals surface area (Å²) in [6, 6.07) is 0.402. The van der Waals surface area contributed by atoms with Crippen molar-refractivity contribution in [2.24, 2.45) is 5.92 Å². The lowest BCUT2D eigenvalue weighted by Crippen LogP contribution is -2.34. The minimum absolute atomic E-state index is 0.402. The van der Waals surface area contributed by atoms with Gasteiger partial charge in [0, 0.05) is 19.6 Å². The Hall–Kier alpha value is -1.52. The fraction of sp³-hybridized carbons (Fsp3) is 0.692. The molecule has 0 spiro atoms. The molecule has 0 saturated heterocycles. The van der Waals surface area contributed by atoms with Gasteiger partial charge >= 0.3 is 0 Å². The second kappa shape index (κ2) is 5.42. The second-order valence-electron chi connectivity index (χ2n) is 5.02. The van der Waals surface area contributed by atoms with Crippen LogP contribution in [0.15, 0.2) is 6.33 Å². The zero-order chi connectivity index (χ0) is 13.1. The number of anilines is 2. The SMILES string of the molecule is CNc1ncnc(N(CC2CC2)C(C)C)c1OC. The smallest absolute Gasteiger partial charge is 0.204 e. The van der Waals surface area contributed by atoms with E-state index in [0.717, 1.165) is 29.8 Å². The van der Waals surface area contributed by atoms with E-state index >= 15 is 0 Å². The van der Waals surface area contributed by atoms with Gasteiger partial charge in [-0.25, -0.2) is 9.97 Å². The Labute approximate surface area is 109 Å². The first-order valence-electron chi connectivity index (χ1n) is 6.50. The molecule has 1 aliphatic rings. The summed E-state index contributed by atoms with van der Waals surface area (Å²) in [5.74, 6) is 3.17. The average Bonchev–Trinajstić information content (AvgIpc) is 3.18. The zero-order valence-electron chi connectivity index (χ0n) is 11.6. The van der Waals surface area contributed by atoms with Crippen LogP contribution in [0.5, 0.6) is 5.75 Å². The summed E-state index contributed by atoms with van der Waals surface area (Å²) in [4.78, 5) is 10.9. The van der Waals surface area contributed by atoms with E-state index in [1.165, 1.54) is 12.8 Å². The van der Waals surface area contributed by atoms with Gasteiger partial charge in [0.1, 0.15) is 6.33 Å². The van der Waals surface area contributed by atoms with Crippen LogP contribution in [0.1, 0.15) is 26.7 Å². The molecule has 5 heteroatoms. The largest absolute Gasteiger partial charge is 0.490 e. The van der Waals surface area contributed by atoms with Crippen LogP contribution < -0.4 is 15.0 Å². The summed E-state index contributed by atoms with van der Waals surface area (Å²) in [7, 11) is 3.51. The highest BCUT2D eigenvalue weighted by Gasteiger charge is 2.28. The topological polar surface area (TPSA) is 50.3 Å². The molecule has 1 N–H and O–H groups in total. The fourth-order valence-corrected chi connectivity index (χ4v) is 2.06. The molecule has 1 fully saturated rings. The normalized spacial score (nSPS) is 14.7. The van der Waals surface area contributed by atoms with Crippen molar-refractivity contribution in [1.82, 2.24) is 9.97 Å². The molecule has 1 aromatic heterocycles. The van der Waals surface area contributed by atoms with E-state index in [1.807, 2.05) is 7.05 Å². The third-order valence-electron chi connectivity index (χ3n) is 3.27. The zero-order valence-corrected chi connectivity index (χ0v) is 11.6. The van der Waals surface area contributed by atoms with Crippen LogP contribution in [0, 0.1) is 5.92 Å². The van der Waals surface area contributed by atoms with Gasteiger partial charge < -0.3 is 15.0 Å². The van der Waals surface area contributed by atoms with E-state index in [4.69, 9.17) is 4.74 Å². The first-order valence-corrected chi connectivity index (χ1v) is 6.50.